The molecule has 5 radical (unpaired) electrons. The summed E-state index contributed by atoms with van der Waals surface area (Å²) in [6.07, 6.45) is 5.80. The van der Waals surface area contributed by atoms with Crippen LogP contribution in [-0.4, -0.2) is 71.0 Å². The molecule has 16 aromatic carbocycles. The van der Waals surface area contributed by atoms with Crippen LogP contribution in [0.5, 0.6) is 0 Å². The first-order valence-corrected chi connectivity index (χ1v) is 44.9. The summed E-state index contributed by atoms with van der Waals surface area (Å²) in [5.41, 5.74) is 40.7. The van der Waals surface area contributed by atoms with E-state index in [1.54, 1.807) is 0 Å². The summed E-state index contributed by atoms with van der Waals surface area (Å²) < 4.78 is 0. The van der Waals surface area contributed by atoms with E-state index < -0.39 is 0 Å². The summed E-state index contributed by atoms with van der Waals surface area (Å²) >= 11 is 0. The molecule has 5 heterocycles. The Morgan fingerprint density at radius 2 is 0.429 bits per heavy atom. The van der Waals surface area contributed by atoms with Crippen molar-refractivity contribution < 1.29 is 97.4 Å². The van der Waals surface area contributed by atoms with E-state index >= 15 is 0 Å². The Balaban J connectivity index is 0.000000149. The van der Waals surface area contributed by atoms with E-state index in [9.17, 15) is 0 Å². The van der Waals surface area contributed by atoms with Crippen molar-refractivity contribution in [3.8, 4) is 77.9 Å². The van der Waals surface area contributed by atoms with Gasteiger partial charge in [-0.25, -0.2) is 0 Å². The first kappa shape index (κ1) is 100. The molecule has 0 fully saturated rings. The van der Waals surface area contributed by atoms with Crippen LogP contribution in [0, 0.1) is 34.6 Å². The second kappa shape index (κ2) is 44.9. The SMILES string of the molecule is Cc1cc(-c2ccccc2)ccc1N1c2ccccc2N(C)C1C.Cc1ccc(-c2ccc(-c3ccccc3)cc2)cc1N1C=CN(C)C1C.Cc1ccc(-c2ccc(-c3ccccc3)cc2)cc1N1c2ccccc2N(C)C1C.Cc1ccc(-c2ccccc2)cc1N1c2ccccc2N(C)C1C.Cc1cccc(-c2ccccc2)c1N1c2ccccc2N(C)C1C.[Rh].[Rh].[Rh].[Rh].[Rh]. The van der Waals surface area contributed by atoms with Crippen LogP contribution < -0.4 is 44.1 Å². The molecule has 0 bridgehead atoms. The van der Waals surface area contributed by atoms with E-state index in [0.29, 0.717) is 18.5 Å². The largest absolute Gasteiger partial charge is 0.359 e. The number of rotatable bonds is 12. The number of fused-ring (bicyclic) bond motifs is 4. The average molecular weight is 2190 g/mol. The Bertz CT molecular complexity index is 6590. The van der Waals surface area contributed by atoms with Crippen molar-refractivity contribution in [1.29, 1.82) is 0 Å². The third kappa shape index (κ3) is 21.0. The maximum absolute atomic E-state index is 2.47. The Hall–Kier alpha value is -11.6. The topological polar surface area (TPSA) is 32.4 Å². The molecular weight excluding hydrogens is 2070 g/mol. The molecule has 21 rings (SSSR count). The zero-order chi connectivity index (χ0) is 88.8. The van der Waals surface area contributed by atoms with E-state index in [1.165, 1.54) is 180 Å². The number of benzene rings is 16. The van der Waals surface area contributed by atoms with Crippen molar-refractivity contribution in [2.45, 2.75) is 100 Å². The average Bonchev–Trinajstić information content (AvgIpc) is 1.61. The van der Waals surface area contributed by atoms with Gasteiger partial charge in [0, 0.05) is 173 Å². The number of anilines is 13. The standard InChI is InChI=1S/C28H26N2.C24H24N2.3C22H22N2.5Rh/c1-20-13-14-25(24-17-15-23(16-18-24)22-9-5-4-6-10-22)19-28(20)30-21(2)29(3)26-11-7-8-12-27(26)30;1-18-9-10-23(17-24(18)26-16-15-25(3)19(26)2)22-13-11-21(12-14-22)20-7-5-4-6-8-20;1-16-10-9-13-19(18-11-5-4-6-12-18)22(16)24-17(2)23(3)20-14-7-8-15-21(20)24;1-16-15-19(18-9-5-4-6-10-18)13-14-20(16)24-17(2)23(3)21-11-7-8-12-22(21)24;1-16-13-14-19(18-9-5-4-6-10-18)15-22(16)24-17(2)23(3)20-11-7-8-12-21(20)24;;;;;/h4-19,21H,1-3H3;4-17,19H,1-3H3;3*4-15,17H,1-3H3;;;;;. The number of aryl methyl sites for hydroxylation is 5. The van der Waals surface area contributed by atoms with Gasteiger partial charge in [0.1, 0.15) is 30.8 Å². The second-order valence-corrected chi connectivity index (χ2v) is 34.4. The van der Waals surface area contributed by atoms with Gasteiger partial charge >= 0.3 is 0 Å². The Morgan fingerprint density at radius 1 is 0.173 bits per heavy atom. The minimum absolute atomic E-state index is 0. The molecule has 5 aliphatic rings. The molecule has 0 saturated heterocycles. The second-order valence-electron chi connectivity index (χ2n) is 34.4. The van der Waals surface area contributed by atoms with Crippen LogP contribution in [0.15, 0.2) is 401 Å². The zero-order valence-corrected chi connectivity index (χ0v) is 86.3. The molecule has 16 aromatic rings. The predicted octanol–water partition coefficient (Wildman–Crippen LogP) is 29.9. The number of nitrogens with zero attached hydrogens (tertiary/aromatic N) is 10. The van der Waals surface area contributed by atoms with Gasteiger partial charge < -0.3 is 49.0 Å². The van der Waals surface area contributed by atoms with Crippen LogP contribution in [0.25, 0.3) is 77.9 Å². The summed E-state index contributed by atoms with van der Waals surface area (Å²) in [5, 5.41) is 0. The van der Waals surface area contributed by atoms with Crippen LogP contribution >= 0.6 is 0 Å². The third-order valence-corrected chi connectivity index (χ3v) is 26.6. The fourth-order valence-electron chi connectivity index (χ4n) is 18.7. The fraction of sp³-hybridized carbons (Fsp3) is 0.169. The van der Waals surface area contributed by atoms with Gasteiger partial charge in [-0.1, -0.05) is 309 Å². The summed E-state index contributed by atoms with van der Waals surface area (Å²) in [6.45, 7) is 22.2. The van der Waals surface area contributed by atoms with Crippen LogP contribution in [-0.2, 0) is 97.4 Å². The molecule has 0 spiro atoms. The number of hydrogen-bond donors (Lipinski definition) is 0. The predicted molar refractivity (Wildman–Crippen MR) is 549 cm³/mol. The van der Waals surface area contributed by atoms with Gasteiger partial charge in [-0.2, -0.15) is 0 Å². The van der Waals surface area contributed by atoms with Gasteiger partial charge in [0.05, 0.1) is 51.2 Å². The van der Waals surface area contributed by atoms with Crippen LogP contribution in [0.1, 0.15) is 62.4 Å². The summed E-state index contributed by atoms with van der Waals surface area (Å²) in [6, 6.07) is 139. The van der Waals surface area contributed by atoms with E-state index in [4.69, 9.17) is 0 Å². The quantitative estimate of drug-likeness (QED) is 0.110. The van der Waals surface area contributed by atoms with Crippen molar-refractivity contribution >= 4 is 73.9 Å². The molecule has 0 saturated carbocycles. The van der Waals surface area contributed by atoms with Crippen LogP contribution in [0.2, 0.25) is 0 Å². The third-order valence-electron chi connectivity index (χ3n) is 26.6. The summed E-state index contributed by atoms with van der Waals surface area (Å²) in [5.74, 6) is 0. The maximum Gasteiger partial charge on any atom is 0.103 e. The molecule has 5 aliphatic heterocycles. The molecule has 133 heavy (non-hydrogen) atoms. The van der Waals surface area contributed by atoms with E-state index in [-0.39, 0.29) is 110 Å². The van der Waals surface area contributed by atoms with Gasteiger partial charge in [0.25, 0.3) is 0 Å². The van der Waals surface area contributed by atoms with Gasteiger partial charge in [-0.05, 0) is 248 Å². The molecule has 0 aromatic heterocycles. The van der Waals surface area contributed by atoms with Crippen molar-refractivity contribution in [1.82, 2.24) is 4.90 Å². The minimum atomic E-state index is 0. The van der Waals surface area contributed by atoms with E-state index in [0.717, 1.165) is 0 Å². The number of hydrogen-bond acceptors (Lipinski definition) is 10. The van der Waals surface area contributed by atoms with Gasteiger partial charge in [-0.3, -0.25) is 0 Å². The molecular formula is C118H116N10Rh5. The first-order valence-electron chi connectivity index (χ1n) is 44.9. The van der Waals surface area contributed by atoms with Crippen molar-refractivity contribution in [3.05, 3.63) is 428 Å². The molecule has 15 heteroatoms. The van der Waals surface area contributed by atoms with Crippen molar-refractivity contribution in [3.63, 3.8) is 0 Å². The Labute approximate surface area is 854 Å². The molecule has 0 aliphatic carbocycles. The van der Waals surface area contributed by atoms with E-state index in [2.05, 4.69) is 554 Å². The van der Waals surface area contributed by atoms with Crippen LogP contribution in [0.4, 0.5) is 73.9 Å². The first-order chi connectivity index (χ1) is 62.3. The molecule has 0 amide bonds. The van der Waals surface area contributed by atoms with Crippen molar-refractivity contribution in [2.24, 2.45) is 0 Å². The molecule has 0 N–H and O–H groups in total. The van der Waals surface area contributed by atoms with Gasteiger partial charge in [0.15, 0.2) is 0 Å². The van der Waals surface area contributed by atoms with Crippen molar-refractivity contribution in [2.75, 3.05) is 79.3 Å². The zero-order valence-electron chi connectivity index (χ0n) is 78.1. The summed E-state index contributed by atoms with van der Waals surface area (Å²) in [4.78, 5) is 23.7. The monoisotopic (exact) mass is 2190 g/mol. The Morgan fingerprint density at radius 3 is 0.767 bits per heavy atom. The normalized spacial score (nSPS) is 15.5. The fourth-order valence-corrected chi connectivity index (χ4v) is 18.7. The smallest absolute Gasteiger partial charge is 0.103 e. The molecule has 5 atom stereocenters. The molecule has 10 nitrogen and oxygen atoms in total. The van der Waals surface area contributed by atoms with Gasteiger partial charge in [-0.15, -0.1) is 0 Å². The van der Waals surface area contributed by atoms with Crippen LogP contribution in [0.3, 0.4) is 0 Å². The summed E-state index contributed by atoms with van der Waals surface area (Å²) in [7, 11) is 10.8. The maximum atomic E-state index is 2.47. The Kier molecular flexibility index (Phi) is 33.9. The van der Waals surface area contributed by atoms with E-state index in [1.807, 2.05) is 0 Å². The van der Waals surface area contributed by atoms with Gasteiger partial charge in [0.2, 0.25) is 0 Å². The number of para-hydroxylation sites is 9. The molecule has 5 unspecified atom stereocenters. The minimum Gasteiger partial charge on any atom is -0.359 e. The molecule has 683 valence electrons.